The Morgan fingerprint density at radius 1 is 1.44 bits per heavy atom. The molecule has 0 fully saturated rings. The summed E-state index contributed by atoms with van der Waals surface area (Å²) in [6, 6.07) is 5.80. The molecule has 0 amide bonds. The Morgan fingerprint density at radius 2 is 2.11 bits per heavy atom. The summed E-state index contributed by atoms with van der Waals surface area (Å²) in [6.45, 7) is 7.25. The van der Waals surface area contributed by atoms with E-state index in [1.165, 1.54) is 7.11 Å². The van der Waals surface area contributed by atoms with E-state index < -0.39 is 5.97 Å². The number of methoxy groups -OCH3 is 1. The second-order valence-electron chi connectivity index (χ2n) is 4.52. The van der Waals surface area contributed by atoms with Crippen molar-refractivity contribution < 1.29 is 9.53 Å². The van der Waals surface area contributed by atoms with Crippen LogP contribution in [0.1, 0.15) is 37.6 Å². The fourth-order valence-electron chi connectivity index (χ4n) is 1.99. The van der Waals surface area contributed by atoms with Gasteiger partial charge in [-0.05, 0) is 32.4 Å². The third-order valence-electron chi connectivity index (χ3n) is 2.89. The van der Waals surface area contributed by atoms with Crippen molar-refractivity contribution in [3.05, 3.63) is 23.8 Å². The number of nitrogens with zero attached hydrogens (tertiary/aromatic N) is 1. The van der Waals surface area contributed by atoms with Crippen LogP contribution < -0.4 is 10.6 Å². The van der Waals surface area contributed by atoms with Gasteiger partial charge in [0.05, 0.1) is 24.0 Å². The molecule has 0 heterocycles. The van der Waals surface area contributed by atoms with E-state index in [1.54, 1.807) is 6.07 Å². The summed E-state index contributed by atoms with van der Waals surface area (Å²) in [5.74, 6) is -0.394. The Kier molecular flexibility index (Phi) is 5.01. The van der Waals surface area contributed by atoms with E-state index >= 15 is 0 Å². The quantitative estimate of drug-likeness (QED) is 0.645. The molecule has 2 N–H and O–H groups in total. The number of hydrogen-bond acceptors (Lipinski definition) is 4. The zero-order valence-electron chi connectivity index (χ0n) is 11.6. The first-order valence-electron chi connectivity index (χ1n) is 6.26. The van der Waals surface area contributed by atoms with Crippen LogP contribution in [0.5, 0.6) is 0 Å². The lowest BCUT2D eigenvalue weighted by Gasteiger charge is -2.30. The van der Waals surface area contributed by atoms with E-state index in [0.717, 1.165) is 18.7 Å². The Balaban J connectivity index is 3.19. The summed E-state index contributed by atoms with van der Waals surface area (Å²) in [5.41, 5.74) is 7.90. The van der Waals surface area contributed by atoms with Crippen LogP contribution in [0.4, 0.5) is 11.4 Å². The maximum absolute atomic E-state index is 11.6. The summed E-state index contributed by atoms with van der Waals surface area (Å²) >= 11 is 0. The SMILES string of the molecule is CCCN(c1cccc(C(=O)OC)c1N)C(C)C. The highest BCUT2D eigenvalue weighted by molar-refractivity contribution is 5.98. The minimum Gasteiger partial charge on any atom is -0.465 e. The van der Waals surface area contributed by atoms with E-state index in [9.17, 15) is 4.79 Å². The summed E-state index contributed by atoms with van der Waals surface area (Å²) in [6.07, 6.45) is 1.03. The van der Waals surface area contributed by atoms with Crippen LogP contribution in [-0.4, -0.2) is 25.7 Å². The molecule has 1 aromatic rings. The Hall–Kier alpha value is -1.71. The highest BCUT2D eigenvalue weighted by Crippen LogP contribution is 2.28. The van der Waals surface area contributed by atoms with Crippen LogP contribution >= 0.6 is 0 Å². The fourth-order valence-corrected chi connectivity index (χ4v) is 1.99. The largest absolute Gasteiger partial charge is 0.465 e. The number of rotatable bonds is 5. The second-order valence-corrected chi connectivity index (χ2v) is 4.52. The highest BCUT2D eigenvalue weighted by atomic mass is 16.5. The number of nitrogens with two attached hydrogens (primary N) is 1. The van der Waals surface area contributed by atoms with Gasteiger partial charge in [0, 0.05) is 12.6 Å². The third-order valence-corrected chi connectivity index (χ3v) is 2.89. The number of para-hydroxylation sites is 1. The van der Waals surface area contributed by atoms with Crippen molar-refractivity contribution in [3.8, 4) is 0 Å². The van der Waals surface area contributed by atoms with Gasteiger partial charge in [0.25, 0.3) is 0 Å². The van der Waals surface area contributed by atoms with Gasteiger partial charge in [-0.25, -0.2) is 4.79 Å². The molecule has 4 heteroatoms. The molecule has 0 bridgehead atoms. The van der Waals surface area contributed by atoms with Gasteiger partial charge in [-0.2, -0.15) is 0 Å². The van der Waals surface area contributed by atoms with Crippen molar-refractivity contribution in [3.63, 3.8) is 0 Å². The molecule has 0 radical (unpaired) electrons. The lowest BCUT2D eigenvalue weighted by molar-refractivity contribution is 0.0602. The first kappa shape index (κ1) is 14.4. The summed E-state index contributed by atoms with van der Waals surface area (Å²) < 4.78 is 4.73. The Labute approximate surface area is 109 Å². The predicted octanol–water partition coefficient (Wildman–Crippen LogP) is 2.68. The molecule has 0 aromatic heterocycles. The molecule has 0 aliphatic carbocycles. The number of benzene rings is 1. The molecule has 1 aromatic carbocycles. The lowest BCUT2D eigenvalue weighted by atomic mass is 10.1. The Morgan fingerprint density at radius 3 is 2.61 bits per heavy atom. The molecule has 100 valence electrons. The van der Waals surface area contributed by atoms with Crippen LogP contribution in [0, 0.1) is 0 Å². The number of esters is 1. The zero-order chi connectivity index (χ0) is 13.7. The van der Waals surface area contributed by atoms with Gasteiger partial charge >= 0.3 is 5.97 Å². The number of carbonyl (C=O) groups is 1. The maximum Gasteiger partial charge on any atom is 0.340 e. The molecule has 0 saturated heterocycles. The standard InChI is InChI=1S/C14H22N2O2/c1-5-9-16(10(2)3)12-8-6-7-11(13(12)15)14(17)18-4/h6-8,10H,5,9,15H2,1-4H3. The predicted molar refractivity (Wildman–Crippen MR) is 75.0 cm³/mol. The normalized spacial score (nSPS) is 10.5. The molecule has 0 aliphatic heterocycles. The van der Waals surface area contributed by atoms with Gasteiger partial charge in [0.2, 0.25) is 0 Å². The maximum atomic E-state index is 11.6. The molecule has 0 unspecified atom stereocenters. The van der Waals surface area contributed by atoms with Crippen LogP contribution in [0.15, 0.2) is 18.2 Å². The van der Waals surface area contributed by atoms with Crippen LogP contribution in [0.25, 0.3) is 0 Å². The molecular formula is C14H22N2O2. The molecule has 1 rings (SSSR count). The first-order chi connectivity index (χ1) is 8.52. The minimum absolute atomic E-state index is 0.333. The number of hydrogen-bond donors (Lipinski definition) is 1. The van der Waals surface area contributed by atoms with Crippen molar-refractivity contribution in [1.82, 2.24) is 0 Å². The fraction of sp³-hybridized carbons (Fsp3) is 0.500. The van der Waals surface area contributed by atoms with E-state index in [4.69, 9.17) is 10.5 Å². The van der Waals surface area contributed by atoms with Crippen LogP contribution in [-0.2, 0) is 4.74 Å². The molecule has 0 aliphatic rings. The van der Waals surface area contributed by atoms with Crippen molar-refractivity contribution in [2.45, 2.75) is 33.2 Å². The van der Waals surface area contributed by atoms with Gasteiger partial charge < -0.3 is 15.4 Å². The molecule has 18 heavy (non-hydrogen) atoms. The average molecular weight is 250 g/mol. The molecule has 0 atom stereocenters. The monoisotopic (exact) mass is 250 g/mol. The zero-order valence-corrected chi connectivity index (χ0v) is 11.6. The van der Waals surface area contributed by atoms with Gasteiger partial charge in [0.15, 0.2) is 0 Å². The van der Waals surface area contributed by atoms with E-state index in [2.05, 4.69) is 25.7 Å². The van der Waals surface area contributed by atoms with Gasteiger partial charge in [0.1, 0.15) is 0 Å². The van der Waals surface area contributed by atoms with Crippen LogP contribution in [0.2, 0.25) is 0 Å². The van der Waals surface area contributed by atoms with E-state index in [-0.39, 0.29) is 0 Å². The number of anilines is 2. The van der Waals surface area contributed by atoms with E-state index in [0.29, 0.717) is 17.3 Å². The van der Waals surface area contributed by atoms with Crippen molar-refractivity contribution >= 4 is 17.3 Å². The summed E-state index contributed by atoms with van der Waals surface area (Å²) in [5, 5.41) is 0. The van der Waals surface area contributed by atoms with E-state index in [1.807, 2.05) is 12.1 Å². The average Bonchev–Trinajstić information content (AvgIpc) is 2.35. The lowest BCUT2D eigenvalue weighted by Crippen LogP contribution is -2.32. The highest BCUT2D eigenvalue weighted by Gasteiger charge is 2.18. The van der Waals surface area contributed by atoms with Crippen LogP contribution in [0.3, 0.4) is 0 Å². The molecule has 0 saturated carbocycles. The van der Waals surface area contributed by atoms with Gasteiger partial charge in [-0.15, -0.1) is 0 Å². The number of carbonyl (C=O) groups excluding carboxylic acids is 1. The second kappa shape index (κ2) is 6.28. The number of ether oxygens (including phenoxy) is 1. The molecule has 0 spiro atoms. The topological polar surface area (TPSA) is 55.6 Å². The molecule has 4 nitrogen and oxygen atoms in total. The van der Waals surface area contributed by atoms with Crippen molar-refractivity contribution in [2.75, 3.05) is 24.3 Å². The van der Waals surface area contributed by atoms with Gasteiger partial charge in [-0.3, -0.25) is 0 Å². The first-order valence-corrected chi connectivity index (χ1v) is 6.26. The van der Waals surface area contributed by atoms with Crippen molar-refractivity contribution in [1.29, 1.82) is 0 Å². The Bertz CT molecular complexity index is 416. The summed E-state index contributed by atoms with van der Waals surface area (Å²) in [4.78, 5) is 13.8. The smallest absolute Gasteiger partial charge is 0.340 e. The summed E-state index contributed by atoms with van der Waals surface area (Å²) in [7, 11) is 1.36. The third kappa shape index (κ3) is 2.94. The molecular weight excluding hydrogens is 228 g/mol. The van der Waals surface area contributed by atoms with Crippen molar-refractivity contribution in [2.24, 2.45) is 0 Å². The number of nitrogen functional groups attached to an aromatic ring is 1. The van der Waals surface area contributed by atoms with Gasteiger partial charge in [-0.1, -0.05) is 13.0 Å². The minimum atomic E-state index is -0.394.